The van der Waals surface area contributed by atoms with E-state index >= 15 is 0 Å². The molecule has 0 aromatic heterocycles. The van der Waals surface area contributed by atoms with Gasteiger partial charge in [0.1, 0.15) is 17.5 Å². The van der Waals surface area contributed by atoms with Gasteiger partial charge in [0.05, 0.1) is 5.56 Å². The lowest BCUT2D eigenvalue weighted by Crippen LogP contribution is -2.11. The molecule has 104 valence electrons. The van der Waals surface area contributed by atoms with Gasteiger partial charge in [-0.2, -0.15) is 0 Å². The Labute approximate surface area is 119 Å². The van der Waals surface area contributed by atoms with Gasteiger partial charge in [-0.1, -0.05) is 23.7 Å². The maximum absolute atomic E-state index is 13.8. The zero-order chi connectivity index (χ0) is 14.9. The number of benzene rings is 2. The predicted octanol–water partition coefficient (Wildman–Crippen LogP) is 4.49. The van der Waals surface area contributed by atoms with E-state index in [4.69, 9.17) is 11.6 Å². The van der Waals surface area contributed by atoms with E-state index in [2.05, 4.69) is 0 Å². The van der Waals surface area contributed by atoms with Gasteiger partial charge in [0, 0.05) is 17.0 Å². The first kappa shape index (κ1) is 14.6. The molecule has 0 aliphatic rings. The van der Waals surface area contributed by atoms with Gasteiger partial charge in [0.15, 0.2) is 5.78 Å². The number of halogens is 4. The molecule has 0 bridgehead atoms. The van der Waals surface area contributed by atoms with Gasteiger partial charge in [0.25, 0.3) is 0 Å². The third kappa shape index (κ3) is 2.70. The Morgan fingerprint density at radius 2 is 1.80 bits per heavy atom. The molecule has 0 radical (unpaired) electrons. The molecule has 0 unspecified atom stereocenters. The molecule has 5 heteroatoms. The Balaban J connectivity index is 2.41. The summed E-state index contributed by atoms with van der Waals surface area (Å²) < 4.78 is 41.0. The summed E-state index contributed by atoms with van der Waals surface area (Å²) in [6.45, 7) is 1.42. The fourth-order valence-electron chi connectivity index (χ4n) is 1.86. The molecule has 0 aliphatic heterocycles. The molecule has 0 atom stereocenters. The van der Waals surface area contributed by atoms with E-state index in [9.17, 15) is 18.0 Å². The number of ketones is 1. The second kappa shape index (κ2) is 5.67. The Morgan fingerprint density at radius 3 is 2.45 bits per heavy atom. The maximum atomic E-state index is 13.8. The van der Waals surface area contributed by atoms with Crippen LogP contribution in [0.3, 0.4) is 0 Å². The van der Waals surface area contributed by atoms with Crippen LogP contribution in [0.25, 0.3) is 0 Å². The molecule has 0 heterocycles. The van der Waals surface area contributed by atoms with Crippen LogP contribution in [0.5, 0.6) is 0 Å². The predicted molar refractivity (Wildman–Crippen MR) is 70.5 cm³/mol. The van der Waals surface area contributed by atoms with E-state index in [1.807, 2.05) is 0 Å². The van der Waals surface area contributed by atoms with Crippen molar-refractivity contribution in [3.05, 3.63) is 69.5 Å². The first-order chi connectivity index (χ1) is 9.41. The van der Waals surface area contributed by atoms with Gasteiger partial charge in [-0.05, 0) is 30.7 Å². The van der Waals surface area contributed by atoms with Crippen molar-refractivity contribution >= 4 is 17.4 Å². The molecule has 0 saturated heterocycles. The van der Waals surface area contributed by atoms with Crippen LogP contribution in [0.2, 0.25) is 5.02 Å². The highest BCUT2D eigenvalue weighted by atomic mass is 35.5. The molecular weight excluding hydrogens is 289 g/mol. The number of aryl methyl sites for hydroxylation is 1. The summed E-state index contributed by atoms with van der Waals surface area (Å²) in [6.07, 6.45) is -0.497. The Hall–Kier alpha value is -1.81. The van der Waals surface area contributed by atoms with Crippen molar-refractivity contribution in [1.82, 2.24) is 0 Å². The summed E-state index contributed by atoms with van der Waals surface area (Å²) in [6, 6.07) is 6.18. The molecule has 0 aliphatic carbocycles. The van der Waals surface area contributed by atoms with Crippen molar-refractivity contribution in [3.8, 4) is 0 Å². The van der Waals surface area contributed by atoms with Crippen LogP contribution in [-0.4, -0.2) is 5.78 Å². The molecule has 0 amide bonds. The minimum atomic E-state index is -0.967. The highest BCUT2D eigenvalue weighted by Gasteiger charge is 2.21. The van der Waals surface area contributed by atoms with Crippen LogP contribution in [0, 0.1) is 24.4 Å². The van der Waals surface area contributed by atoms with Crippen LogP contribution < -0.4 is 0 Å². The summed E-state index contributed by atoms with van der Waals surface area (Å²) in [7, 11) is 0. The second-order valence-corrected chi connectivity index (χ2v) is 4.76. The molecule has 2 rings (SSSR count). The minimum absolute atomic E-state index is 0.0480. The van der Waals surface area contributed by atoms with Crippen LogP contribution in [-0.2, 0) is 6.42 Å². The first-order valence-electron chi connectivity index (χ1n) is 5.82. The van der Waals surface area contributed by atoms with Crippen molar-refractivity contribution in [3.63, 3.8) is 0 Å². The van der Waals surface area contributed by atoms with Crippen molar-refractivity contribution in [2.24, 2.45) is 0 Å². The normalized spacial score (nSPS) is 10.7. The topological polar surface area (TPSA) is 17.1 Å². The number of Topliss-reactive ketones (excluding diaryl/α,β-unsaturated/α-hetero) is 1. The molecule has 2 aromatic carbocycles. The summed E-state index contributed by atoms with van der Waals surface area (Å²) in [5.74, 6) is -3.43. The van der Waals surface area contributed by atoms with Gasteiger partial charge in [-0.3, -0.25) is 4.79 Å². The standard InChI is InChI=1S/C15H10ClF3O/c1-8-5-6-12(18)14(15(8)19)13(20)7-9-10(16)3-2-4-11(9)17/h2-6H,7H2,1H3. The SMILES string of the molecule is Cc1ccc(F)c(C(=O)Cc2c(F)cccc2Cl)c1F. The van der Waals surface area contributed by atoms with Crippen molar-refractivity contribution in [2.75, 3.05) is 0 Å². The summed E-state index contributed by atoms with van der Waals surface area (Å²) in [5, 5.41) is 0.0480. The number of rotatable bonds is 3. The third-order valence-electron chi connectivity index (χ3n) is 2.96. The Morgan fingerprint density at radius 1 is 1.10 bits per heavy atom. The van der Waals surface area contributed by atoms with Crippen LogP contribution in [0.4, 0.5) is 13.2 Å². The van der Waals surface area contributed by atoms with Crippen LogP contribution >= 0.6 is 11.6 Å². The molecule has 0 saturated carbocycles. The molecular formula is C15H10ClF3O. The highest BCUT2D eigenvalue weighted by molar-refractivity contribution is 6.31. The lowest BCUT2D eigenvalue weighted by molar-refractivity contribution is 0.0983. The average Bonchev–Trinajstić information content (AvgIpc) is 2.39. The lowest BCUT2D eigenvalue weighted by atomic mass is 10.00. The number of hydrogen-bond acceptors (Lipinski definition) is 1. The number of carbonyl (C=O) groups is 1. The van der Waals surface area contributed by atoms with Crippen molar-refractivity contribution in [2.45, 2.75) is 13.3 Å². The Bertz CT molecular complexity index is 663. The molecule has 0 N–H and O–H groups in total. The zero-order valence-electron chi connectivity index (χ0n) is 10.5. The summed E-state index contributed by atoms with van der Waals surface area (Å²) in [5.41, 5.74) is -0.585. The van der Waals surface area contributed by atoms with Gasteiger partial charge < -0.3 is 0 Å². The largest absolute Gasteiger partial charge is 0.294 e. The maximum Gasteiger partial charge on any atom is 0.173 e. The van der Waals surface area contributed by atoms with Gasteiger partial charge in [0.2, 0.25) is 0 Å². The second-order valence-electron chi connectivity index (χ2n) is 4.35. The quantitative estimate of drug-likeness (QED) is 0.763. The molecule has 0 fully saturated rings. The number of carbonyl (C=O) groups excluding carboxylic acids is 1. The van der Waals surface area contributed by atoms with E-state index in [-0.39, 0.29) is 16.1 Å². The van der Waals surface area contributed by atoms with E-state index < -0.39 is 35.2 Å². The molecule has 2 aromatic rings. The van der Waals surface area contributed by atoms with Gasteiger partial charge in [-0.25, -0.2) is 13.2 Å². The van der Waals surface area contributed by atoms with Crippen molar-refractivity contribution in [1.29, 1.82) is 0 Å². The van der Waals surface area contributed by atoms with Gasteiger partial charge in [-0.15, -0.1) is 0 Å². The van der Waals surface area contributed by atoms with E-state index in [1.165, 1.54) is 25.1 Å². The van der Waals surface area contributed by atoms with Crippen molar-refractivity contribution < 1.29 is 18.0 Å². The smallest absolute Gasteiger partial charge is 0.173 e. The number of hydrogen-bond donors (Lipinski definition) is 0. The fraction of sp³-hybridized carbons (Fsp3) is 0.133. The highest BCUT2D eigenvalue weighted by Crippen LogP contribution is 2.23. The molecule has 1 nitrogen and oxygen atoms in total. The average molecular weight is 299 g/mol. The monoisotopic (exact) mass is 298 g/mol. The minimum Gasteiger partial charge on any atom is -0.294 e. The molecule has 0 spiro atoms. The van der Waals surface area contributed by atoms with Crippen LogP contribution in [0.1, 0.15) is 21.5 Å². The summed E-state index contributed by atoms with van der Waals surface area (Å²) in [4.78, 5) is 12.0. The van der Waals surface area contributed by atoms with Crippen LogP contribution in [0.15, 0.2) is 30.3 Å². The fourth-order valence-corrected chi connectivity index (χ4v) is 2.09. The van der Waals surface area contributed by atoms with Gasteiger partial charge >= 0.3 is 0 Å². The van der Waals surface area contributed by atoms with E-state index in [1.54, 1.807) is 0 Å². The molecule has 20 heavy (non-hydrogen) atoms. The lowest BCUT2D eigenvalue weighted by Gasteiger charge is -2.08. The van der Waals surface area contributed by atoms with E-state index in [0.29, 0.717) is 0 Å². The summed E-state index contributed by atoms with van der Waals surface area (Å²) >= 11 is 5.79. The van der Waals surface area contributed by atoms with E-state index in [0.717, 1.165) is 12.1 Å². The first-order valence-corrected chi connectivity index (χ1v) is 6.20. The zero-order valence-corrected chi connectivity index (χ0v) is 11.3. The Kier molecular flexibility index (Phi) is 4.14. The third-order valence-corrected chi connectivity index (χ3v) is 3.32.